The first-order chi connectivity index (χ1) is 9.93. The molecule has 1 heterocycles. The Morgan fingerprint density at radius 2 is 2.10 bits per heavy atom. The van der Waals surface area contributed by atoms with E-state index >= 15 is 0 Å². The van der Waals surface area contributed by atoms with Crippen LogP contribution in [0.15, 0.2) is 35.6 Å². The van der Waals surface area contributed by atoms with Crippen molar-refractivity contribution in [3.63, 3.8) is 0 Å². The lowest BCUT2D eigenvalue weighted by Crippen LogP contribution is -2.36. The lowest BCUT2D eigenvalue weighted by atomic mass is 10.2. The van der Waals surface area contributed by atoms with Gasteiger partial charge in [-0.25, -0.2) is 15.2 Å². The molecule has 0 aliphatic carbocycles. The Kier molecular flexibility index (Phi) is 3.90. The molecular weight excluding hydrogens is 274 g/mol. The Hall–Kier alpha value is -2.87. The third-order valence-electron chi connectivity index (χ3n) is 2.77. The standard InChI is InChI=1S/C13H15N5O3/c1-3-6-17(14)12-15-8(2)18(13(21)16-12)9-4-5-10(19)11(20)7-9/h3-5,7,19-20H,1,6,14H2,2H3. The molecule has 2 aromatic rings. The predicted octanol–water partition coefficient (Wildman–Crippen LogP) is 0.213. The molecule has 0 aliphatic heterocycles. The zero-order valence-electron chi connectivity index (χ0n) is 11.4. The van der Waals surface area contributed by atoms with Crippen molar-refractivity contribution in [3.05, 3.63) is 47.2 Å². The van der Waals surface area contributed by atoms with Crippen LogP contribution in [0.5, 0.6) is 11.5 Å². The first-order valence-corrected chi connectivity index (χ1v) is 6.07. The van der Waals surface area contributed by atoms with Gasteiger partial charge in [-0.3, -0.25) is 5.01 Å². The van der Waals surface area contributed by atoms with E-state index in [1.54, 1.807) is 13.0 Å². The maximum absolute atomic E-state index is 12.1. The molecule has 1 aromatic heterocycles. The van der Waals surface area contributed by atoms with Gasteiger partial charge in [-0.1, -0.05) is 6.08 Å². The van der Waals surface area contributed by atoms with Crippen LogP contribution in [0.3, 0.4) is 0 Å². The average molecular weight is 289 g/mol. The largest absolute Gasteiger partial charge is 0.504 e. The van der Waals surface area contributed by atoms with Crippen LogP contribution in [0.25, 0.3) is 5.69 Å². The summed E-state index contributed by atoms with van der Waals surface area (Å²) < 4.78 is 1.20. The highest BCUT2D eigenvalue weighted by Gasteiger charge is 2.12. The van der Waals surface area contributed by atoms with Crippen molar-refractivity contribution in [2.75, 3.05) is 11.6 Å². The zero-order chi connectivity index (χ0) is 15.6. The molecule has 0 aliphatic rings. The highest BCUT2D eigenvalue weighted by Crippen LogP contribution is 2.26. The molecule has 0 fully saturated rings. The molecule has 8 heteroatoms. The van der Waals surface area contributed by atoms with Gasteiger partial charge in [-0.2, -0.15) is 9.97 Å². The van der Waals surface area contributed by atoms with Crippen molar-refractivity contribution in [2.45, 2.75) is 6.92 Å². The molecule has 0 saturated carbocycles. The Bertz CT molecular complexity index is 741. The first-order valence-electron chi connectivity index (χ1n) is 6.07. The van der Waals surface area contributed by atoms with E-state index in [0.29, 0.717) is 18.1 Å². The van der Waals surface area contributed by atoms with Gasteiger partial charge in [0.2, 0.25) is 5.95 Å². The molecule has 0 unspecified atom stereocenters. The second kappa shape index (κ2) is 5.63. The van der Waals surface area contributed by atoms with Gasteiger partial charge in [-0.15, -0.1) is 6.58 Å². The van der Waals surface area contributed by atoms with Gasteiger partial charge in [-0.05, 0) is 19.1 Å². The van der Waals surface area contributed by atoms with Gasteiger partial charge < -0.3 is 10.2 Å². The number of phenolic OH excluding ortho intramolecular Hbond substituents is 2. The van der Waals surface area contributed by atoms with E-state index in [-0.39, 0.29) is 17.4 Å². The summed E-state index contributed by atoms with van der Waals surface area (Å²) >= 11 is 0. The molecule has 110 valence electrons. The number of benzene rings is 1. The normalized spacial score (nSPS) is 10.4. The summed E-state index contributed by atoms with van der Waals surface area (Å²) in [6.07, 6.45) is 1.56. The average Bonchev–Trinajstić information content (AvgIpc) is 2.42. The number of aromatic hydroxyl groups is 2. The van der Waals surface area contributed by atoms with E-state index in [2.05, 4.69) is 16.5 Å². The summed E-state index contributed by atoms with van der Waals surface area (Å²) in [5.74, 6) is 5.50. The van der Waals surface area contributed by atoms with Gasteiger partial charge in [0.15, 0.2) is 11.5 Å². The molecule has 8 nitrogen and oxygen atoms in total. The maximum atomic E-state index is 12.1. The van der Waals surface area contributed by atoms with E-state index in [1.165, 1.54) is 27.8 Å². The number of aryl methyl sites for hydroxylation is 1. The van der Waals surface area contributed by atoms with Crippen LogP contribution >= 0.6 is 0 Å². The molecule has 0 radical (unpaired) electrons. The minimum atomic E-state index is -0.595. The first kappa shape index (κ1) is 14.5. The van der Waals surface area contributed by atoms with E-state index in [1.807, 2.05) is 0 Å². The lowest BCUT2D eigenvalue weighted by molar-refractivity contribution is 0.403. The lowest BCUT2D eigenvalue weighted by Gasteiger charge is -2.16. The van der Waals surface area contributed by atoms with E-state index in [9.17, 15) is 15.0 Å². The third-order valence-corrected chi connectivity index (χ3v) is 2.77. The molecule has 0 amide bonds. The Labute approximate surface area is 120 Å². The number of hydrogen-bond acceptors (Lipinski definition) is 7. The van der Waals surface area contributed by atoms with Crippen LogP contribution in [0, 0.1) is 6.92 Å². The van der Waals surface area contributed by atoms with Crippen LogP contribution in [0.4, 0.5) is 5.95 Å². The Balaban J connectivity index is 2.53. The van der Waals surface area contributed by atoms with E-state index in [4.69, 9.17) is 5.84 Å². The molecule has 1 aromatic carbocycles. The zero-order valence-corrected chi connectivity index (χ0v) is 11.4. The van der Waals surface area contributed by atoms with Crippen molar-refractivity contribution in [3.8, 4) is 17.2 Å². The molecular formula is C13H15N5O3. The highest BCUT2D eigenvalue weighted by atomic mass is 16.3. The highest BCUT2D eigenvalue weighted by molar-refractivity contribution is 5.47. The number of hydrogen-bond donors (Lipinski definition) is 3. The van der Waals surface area contributed by atoms with Gasteiger partial charge >= 0.3 is 5.69 Å². The third kappa shape index (κ3) is 2.84. The van der Waals surface area contributed by atoms with E-state index < -0.39 is 5.69 Å². The summed E-state index contributed by atoms with van der Waals surface area (Å²) in [6.45, 7) is 5.45. The quantitative estimate of drug-likeness (QED) is 0.319. The molecule has 0 atom stereocenters. The number of hydrazine groups is 1. The summed E-state index contributed by atoms with van der Waals surface area (Å²) in [7, 11) is 0. The number of rotatable bonds is 4. The van der Waals surface area contributed by atoms with Crippen LogP contribution in [-0.2, 0) is 0 Å². The van der Waals surface area contributed by atoms with Crippen molar-refractivity contribution in [2.24, 2.45) is 5.84 Å². The Morgan fingerprint density at radius 3 is 2.67 bits per heavy atom. The fraction of sp³-hybridized carbons (Fsp3) is 0.154. The topological polar surface area (TPSA) is 118 Å². The summed E-state index contributed by atoms with van der Waals surface area (Å²) in [5.41, 5.74) is -0.256. The van der Waals surface area contributed by atoms with Gasteiger partial charge in [0.1, 0.15) is 5.82 Å². The fourth-order valence-electron chi connectivity index (χ4n) is 1.79. The van der Waals surface area contributed by atoms with Gasteiger partial charge in [0, 0.05) is 6.07 Å². The predicted molar refractivity (Wildman–Crippen MR) is 77.4 cm³/mol. The van der Waals surface area contributed by atoms with Crippen LogP contribution in [-0.4, -0.2) is 31.3 Å². The van der Waals surface area contributed by atoms with Crippen LogP contribution in [0.2, 0.25) is 0 Å². The smallest absolute Gasteiger partial charge is 0.356 e. The number of nitrogens with two attached hydrogens (primary N) is 1. The second-order valence-electron chi connectivity index (χ2n) is 4.30. The number of nitrogens with zero attached hydrogens (tertiary/aromatic N) is 4. The molecule has 0 spiro atoms. The molecule has 0 bridgehead atoms. The van der Waals surface area contributed by atoms with Crippen molar-refractivity contribution in [1.82, 2.24) is 14.5 Å². The van der Waals surface area contributed by atoms with Crippen molar-refractivity contribution >= 4 is 5.95 Å². The summed E-state index contributed by atoms with van der Waals surface area (Å²) in [6, 6.07) is 3.99. The number of aromatic nitrogens is 3. The summed E-state index contributed by atoms with van der Waals surface area (Å²) in [4.78, 5) is 20.1. The van der Waals surface area contributed by atoms with Gasteiger partial charge in [0.25, 0.3) is 0 Å². The minimum absolute atomic E-state index is 0.0802. The minimum Gasteiger partial charge on any atom is -0.504 e. The molecule has 4 N–H and O–H groups in total. The number of phenols is 2. The monoisotopic (exact) mass is 289 g/mol. The number of anilines is 1. The Morgan fingerprint density at radius 1 is 1.38 bits per heavy atom. The molecule has 2 rings (SSSR count). The van der Waals surface area contributed by atoms with Crippen molar-refractivity contribution in [1.29, 1.82) is 0 Å². The van der Waals surface area contributed by atoms with Gasteiger partial charge in [0.05, 0.1) is 12.2 Å². The van der Waals surface area contributed by atoms with E-state index in [0.717, 1.165) is 0 Å². The summed E-state index contributed by atoms with van der Waals surface area (Å²) in [5, 5.41) is 20.0. The van der Waals surface area contributed by atoms with Crippen molar-refractivity contribution < 1.29 is 10.2 Å². The SMILES string of the molecule is C=CCN(N)c1nc(C)n(-c2ccc(O)c(O)c2)c(=O)n1. The second-order valence-corrected chi connectivity index (χ2v) is 4.30. The van der Waals surface area contributed by atoms with Crippen LogP contribution in [0.1, 0.15) is 5.82 Å². The maximum Gasteiger partial charge on any atom is 0.356 e. The molecule has 21 heavy (non-hydrogen) atoms. The van der Waals surface area contributed by atoms with Crippen LogP contribution < -0.4 is 16.5 Å². The fourth-order valence-corrected chi connectivity index (χ4v) is 1.79. The molecule has 0 saturated heterocycles.